The molecule has 4 rings (SSSR count). The molecular formula is C21H22F3N5O. The van der Waals surface area contributed by atoms with Gasteiger partial charge in [0.25, 0.3) is 0 Å². The number of imidazole rings is 1. The van der Waals surface area contributed by atoms with Gasteiger partial charge in [-0.15, -0.1) is 0 Å². The minimum absolute atomic E-state index is 0.130. The molecule has 2 aromatic carbocycles. The van der Waals surface area contributed by atoms with Crippen molar-refractivity contribution < 1.29 is 17.9 Å². The summed E-state index contributed by atoms with van der Waals surface area (Å²) < 4.78 is 45.3. The van der Waals surface area contributed by atoms with E-state index >= 15 is 0 Å². The van der Waals surface area contributed by atoms with Crippen molar-refractivity contribution in [2.75, 3.05) is 37.5 Å². The fraction of sp³-hybridized carbons (Fsp3) is 0.286. The molecule has 0 aliphatic carbocycles. The van der Waals surface area contributed by atoms with E-state index in [1.165, 1.54) is 13.2 Å². The Labute approximate surface area is 171 Å². The number of hydrogen-bond donors (Lipinski definition) is 3. The van der Waals surface area contributed by atoms with Crippen LogP contribution in [0.3, 0.4) is 0 Å². The summed E-state index contributed by atoms with van der Waals surface area (Å²) in [5.74, 6) is 1.49. The number of benzene rings is 2. The van der Waals surface area contributed by atoms with Crippen LogP contribution >= 0.6 is 0 Å². The quantitative estimate of drug-likeness (QED) is 0.370. The first-order chi connectivity index (χ1) is 14.3. The number of nitrogens with one attached hydrogen (secondary N) is 3. The molecule has 4 aromatic rings. The number of alkyl halides is 3. The lowest BCUT2D eigenvalue weighted by molar-refractivity contribution is -0.136. The van der Waals surface area contributed by atoms with Gasteiger partial charge in [0.1, 0.15) is 11.6 Å². The topological polar surface area (TPSA) is 69.0 Å². The van der Waals surface area contributed by atoms with Gasteiger partial charge >= 0.3 is 6.18 Å². The van der Waals surface area contributed by atoms with E-state index in [-0.39, 0.29) is 11.1 Å². The third-order valence-electron chi connectivity index (χ3n) is 5.00. The van der Waals surface area contributed by atoms with Crippen LogP contribution < -0.4 is 15.0 Å². The van der Waals surface area contributed by atoms with E-state index in [0.29, 0.717) is 30.4 Å². The zero-order chi connectivity index (χ0) is 21.3. The standard InChI is InChI=1S/C21H22F3N5O/c1-29(9-5-8-25-20-27-16-6-3-4-7-17(16)28-20)19-12-14-15(21(22,23)24)10-13(30-2)11-18(14)26-19/h3-4,6-7,10-12,26H,5,8-9H2,1-2H3,(H2,25,27,28). The second-order valence-corrected chi connectivity index (χ2v) is 7.09. The predicted molar refractivity (Wildman–Crippen MR) is 112 cm³/mol. The normalized spacial score (nSPS) is 11.9. The first kappa shape index (κ1) is 19.9. The van der Waals surface area contributed by atoms with Gasteiger partial charge in [0, 0.05) is 31.6 Å². The zero-order valence-electron chi connectivity index (χ0n) is 16.6. The molecule has 0 fully saturated rings. The monoisotopic (exact) mass is 417 g/mol. The largest absolute Gasteiger partial charge is 0.497 e. The maximum atomic E-state index is 13.4. The number of fused-ring (bicyclic) bond motifs is 2. The van der Waals surface area contributed by atoms with Crippen molar-refractivity contribution in [3.05, 3.63) is 48.0 Å². The van der Waals surface area contributed by atoms with Crippen LogP contribution in [0.5, 0.6) is 5.75 Å². The minimum Gasteiger partial charge on any atom is -0.497 e. The van der Waals surface area contributed by atoms with Gasteiger partial charge in [0.05, 0.1) is 29.2 Å². The van der Waals surface area contributed by atoms with Gasteiger partial charge < -0.3 is 24.9 Å². The number of H-pyrrole nitrogens is 2. The Kier molecular flexibility index (Phi) is 5.19. The highest BCUT2D eigenvalue weighted by atomic mass is 19.4. The highest BCUT2D eigenvalue weighted by Crippen LogP contribution is 2.39. The van der Waals surface area contributed by atoms with Crippen LogP contribution in [0, 0.1) is 0 Å². The predicted octanol–water partition coefficient (Wildman–Crippen LogP) is 5.01. The molecule has 0 aliphatic rings. The molecule has 0 unspecified atom stereocenters. The molecule has 2 heterocycles. The molecule has 0 spiro atoms. The molecule has 0 radical (unpaired) electrons. The molecule has 0 atom stereocenters. The molecule has 0 saturated carbocycles. The van der Waals surface area contributed by atoms with Crippen molar-refractivity contribution in [2.45, 2.75) is 12.6 Å². The van der Waals surface area contributed by atoms with E-state index in [2.05, 4.69) is 20.3 Å². The van der Waals surface area contributed by atoms with Crippen molar-refractivity contribution in [2.24, 2.45) is 0 Å². The van der Waals surface area contributed by atoms with E-state index in [9.17, 15) is 13.2 Å². The summed E-state index contributed by atoms with van der Waals surface area (Å²) in [6.45, 7) is 1.32. The second kappa shape index (κ2) is 7.81. The second-order valence-electron chi connectivity index (χ2n) is 7.09. The Morgan fingerprint density at radius 1 is 1.10 bits per heavy atom. The van der Waals surface area contributed by atoms with Crippen molar-refractivity contribution in [3.63, 3.8) is 0 Å². The molecule has 3 N–H and O–H groups in total. The molecular weight excluding hydrogens is 395 g/mol. The van der Waals surface area contributed by atoms with Gasteiger partial charge in [0.15, 0.2) is 0 Å². The average molecular weight is 417 g/mol. The summed E-state index contributed by atoms with van der Waals surface area (Å²) in [5, 5.41) is 3.37. The van der Waals surface area contributed by atoms with Crippen LogP contribution in [-0.2, 0) is 6.18 Å². The third-order valence-corrected chi connectivity index (χ3v) is 5.00. The molecule has 0 amide bonds. The third kappa shape index (κ3) is 4.00. The number of hydrogen-bond acceptors (Lipinski definition) is 4. The zero-order valence-corrected chi connectivity index (χ0v) is 16.6. The summed E-state index contributed by atoms with van der Waals surface area (Å²) in [6.07, 6.45) is -3.68. The van der Waals surface area contributed by atoms with E-state index in [0.717, 1.165) is 23.5 Å². The van der Waals surface area contributed by atoms with E-state index < -0.39 is 11.7 Å². The number of aromatic nitrogens is 3. The van der Waals surface area contributed by atoms with Crippen molar-refractivity contribution >= 4 is 33.7 Å². The smallest absolute Gasteiger partial charge is 0.417 e. The Morgan fingerprint density at radius 3 is 2.63 bits per heavy atom. The number of methoxy groups -OCH3 is 1. The van der Waals surface area contributed by atoms with Gasteiger partial charge in [-0.1, -0.05) is 12.1 Å². The Hall–Kier alpha value is -3.36. The molecule has 9 heteroatoms. The van der Waals surface area contributed by atoms with Crippen LogP contribution in [0.2, 0.25) is 0 Å². The Balaban J connectivity index is 1.42. The fourth-order valence-electron chi connectivity index (χ4n) is 3.43. The van der Waals surface area contributed by atoms with Crippen LogP contribution in [0.4, 0.5) is 24.9 Å². The number of anilines is 2. The van der Waals surface area contributed by atoms with Crippen LogP contribution in [0.1, 0.15) is 12.0 Å². The molecule has 2 aromatic heterocycles. The number of ether oxygens (including phenoxy) is 1. The molecule has 0 saturated heterocycles. The lowest BCUT2D eigenvalue weighted by atomic mass is 10.1. The number of para-hydroxylation sites is 2. The van der Waals surface area contributed by atoms with Crippen LogP contribution in [0.25, 0.3) is 21.9 Å². The highest BCUT2D eigenvalue weighted by Gasteiger charge is 2.34. The SMILES string of the molecule is COc1cc(C(F)(F)F)c2cc(N(C)CCCNc3nc4ccccc4[nH]3)[nH]c2c1. The first-order valence-corrected chi connectivity index (χ1v) is 9.53. The molecule has 30 heavy (non-hydrogen) atoms. The number of rotatable bonds is 7. The Bertz CT molecular complexity index is 1130. The maximum absolute atomic E-state index is 13.4. The van der Waals surface area contributed by atoms with Crippen molar-refractivity contribution in [1.82, 2.24) is 15.0 Å². The molecule has 158 valence electrons. The molecule has 0 bridgehead atoms. The lowest BCUT2D eigenvalue weighted by Crippen LogP contribution is -2.21. The Morgan fingerprint density at radius 2 is 1.90 bits per heavy atom. The van der Waals surface area contributed by atoms with Crippen molar-refractivity contribution in [3.8, 4) is 5.75 Å². The summed E-state index contributed by atoms with van der Waals surface area (Å²) >= 11 is 0. The first-order valence-electron chi connectivity index (χ1n) is 9.53. The number of nitrogens with zero attached hydrogens (tertiary/aromatic N) is 2. The summed E-state index contributed by atoms with van der Waals surface area (Å²) in [5.41, 5.74) is 1.54. The lowest BCUT2D eigenvalue weighted by Gasteiger charge is -2.17. The van der Waals surface area contributed by atoms with E-state index in [1.54, 1.807) is 6.07 Å². The summed E-state index contributed by atoms with van der Waals surface area (Å²) in [4.78, 5) is 12.6. The minimum atomic E-state index is -4.46. The maximum Gasteiger partial charge on any atom is 0.417 e. The fourth-order valence-corrected chi connectivity index (χ4v) is 3.43. The highest BCUT2D eigenvalue weighted by molar-refractivity contribution is 5.89. The van der Waals surface area contributed by atoms with Crippen LogP contribution in [0.15, 0.2) is 42.5 Å². The van der Waals surface area contributed by atoms with Gasteiger partial charge in [-0.05, 0) is 30.7 Å². The van der Waals surface area contributed by atoms with E-state index in [4.69, 9.17) is 4.74 Å². The van der Waals surface area contributed by atoms with E-state index in [1.807, 2.05) is 36.2 Å². The van der Waals surface area contributed by atoms with Gasteiger partial charge in [-0.2, -0.15) is 13.2 Å². The average Bonchev–Trinajstić information content (AvgIpc) is 3.32. The number of aromatic amines is 2. The van der Waals surface area contributed by atoms with Gasteiger partial charge in [0.2, 0.25) is 5.95 Å². The van der Waals surface area contributed by atoms with Crippen molar-refractivity contribution in [1.29, 1.82) is 0 Å². The van der Waals surface area contributed by atoms with Gasteiger partial charge in [-0.3, -0.25) is 0 Å². The summed E-state index contributed by atoms with van der Waals surface area (Å²) in [7, 11) is 3.20. The summed E-state index contributed by atoms with van der Waals surface area (Å²) in [6, 6.07) is 11.9. The van der Waals surface area contributed by atoms with Crippen LogP contribution in [-0.4, -0.2) is 42.2 Å². The number of halogens is 3. The molecule has 6 nitrogen and oxygen atoms in total. The van der Waals surface area contributed by atoms with Gasteiger partial charge in [-0.25, -0.2) is 4.98 Å². The molecule has 0 aliphatic heterocycles.